The van der Waals surface area contributed by atoms with Crippen LogP contribution in [0.4, 0.5) is 0 Å². The summed E-state index contributed by atoms with van der Waals surface area (Å²) in [7, 11) is 0. The molecule has 81 heavy (non-hydrogen) atoms. The van der Waals surface area contributed by atoms with Gasteiger partial charge in [0.05, 0.1) is 0 Å². The summed E-state index contributed by atoms with van der Waals surface area (Å²) in [5.74, 6) is 2.37. The Labute approximate surface area is 476 Å². The van der Waals surface area contributed by atoms with E-state index in [1.165, 1.54) is 52.6 Å². The van der Waals surface area contributed by atoms with E-state index in [2.05, 4.69) is 76.2 Å². The maximum atomic E-state index is 9.84. The maximum Gasteiger partial charge on any atom is 0.123 e. The number of phenolic OH excluding ortho intramolecular Hbond substituents is 9. The van der Waals surface area contributed by atoms with Crippen molar-refractivity contribution in [1.29, 1.82) is 0 Å². The molecule has 0 spiro atoms. The van der Waals surface area contributed by atoms with Crippen LogP contribution in [0.15, 0.2) is 206 Å². The molecule has 0 atom stereocenters. The van der Waals surface area contributed by atoms with Gasteiger partial charge in [-0.1, -0.05) is 161 Å². The Balaban J connectivity index is 0.000000149. The first-order valence-corrected chi connectivity index (χ1v) is 27.2. The lowest BCUT2D eigenvalue weighted by atomic mass is 9.65. The van der Waals surface area contributed by atoms with Gasteiger partial charge in [-0.2, -0.15) is 0 Å². The van der Waals surface area contributed by atoms with Gasteiger partial charge in [-0.25, -0.2) is 0 Å². The van der Waals surface area contributed by atoms with Crippen molar-refractivity contribution in [3.05, 3.63) is 256 Å². The number of phenols is 9. The van der Waals surface area contributed by atoms with Crippen molar-refractivity contribution in [3.63, 3.8) is 0 Å². The van der Waals surface area contributed by atoms with Gasteiger partial charge in [0.15, 0.2) is 0 Å². The monoisotopic (exact) mass is 1080 g/mol. The molecule has 0 radical (unpaired) electrons. The standard InChI is InChI=1S/C20H24O2.C18H22O.2C12H10O2.C10H8O2/c1-14-12-16(6-8-18(14)21)20(10-4-3-5-11-20)17-7-9-19(22)15(2)13-17;1-12-6-7-15(10-13(12)2)18(4,5)16-8-9-17(19)14(3)11-16;13-11-5-1-9(2-6-11)10-3-7-12(14)8-4-10;13-11-7-3-1-5-9(11)10-6-2-4-8-12(10)14;11-9-3-1-7-2-4-10(12)6-8(7)5-9/h6-9,12-13,21-22H,3-5,10-11H2,1-2H3;6-11,19H,1-5H3;2*1-8,13-14H;1-6,11-12H. The lowest BCUT2D eigenvalue weighted by Crippen LogP contribution is -2.30. The lowest BCUT2D eigenvalue weighted by Gasteiger charge is -2.39. The maximum absolute atomic E-state index is 9.84. The summed E-state index contributed by atoms with van der Waals surface area (Å²) in [5.41, 5.74) is 13.8. The molecule has 9 heteroatoms. The number of aromatic hydroxyl groups is 9. The molecule has 10 aromatic rings. The molecular formula is C72H74O9. The van der Waals surface area contributed by atoms with E-state index in [0.29, 0.717) is 28.4 Å². The summed E-state index contributed by atoms with van der Waals surface area (Å²) in [6.45, 7) is 14.6. The highest BCUT2D eigenvalue weighted by atomic mass is 16.3. The Morgan fingerprint density at radius 2 is 0.691 bits per heavy atom. The molecule has 9 N–H and O–H groups in total. The van der Waals surface area contributed by atoms with E-state index in [1.54, 1.807) is 91.0 Å². The van der Waals surface area contributed by atoms with Crippen LogP contribution in [0.25, 0.3) is 33.0 Å². The third-order valence-corrected chi connectivity index (χ3v) is 15.3. The third-order valence-electron chi connectivity index (χ3n) is 15.3. The zero-order valence-corrected chi connectivity index (χ0v) is 47.2. The van der Waals surface area contributed by atoms with Crippen LogP contribution in [0.1, 0.15) is 96.0 Å². The number of rotatable bonds is 6. The molecule has 0 amide bonds. The zero-order chi connectivity index (χ0) is 58.4. The van der Waals surface area contributed by atoms with Gasteiger partial charge in [-0.05, 0) is 198 Å². The molecule has 1 aliphatic carbocycles. The molecule has 1 aliphatic rings. The van der Waals surface area contributed by atoms with Crippen LogP contribution < -0.4 is 0 Å². The van der Waals surface area contributed by atoms with Gasteiger partial charge in [0.2, 0.25) is 0 Å². The van der Waals surface area contributed by atoms with Crippen molar-refractivity contribution < 1.29 is 46.0 Å². The van der Waals surface area contributed by atoms with Crippen LogP contribution in [0.5, 0.6) is 51.7 Å². The van der Waals surface area contributed by atoms with Crippen LogP contribution in [0.2, 0.25) is 0 Å². The second-order valence-corrected chi connectivity index (χ2v) is 21.4. The molecule has 1 saturated carbocycles. The molecule has 0 unspecified atom stereocenters. The highest BCUT2D eigenvalue weighted by Gasteiger charge is 2.36. The zero-order valence-electron chi connectivity index (χ0n) is 47.2. The van der Waals surface area contributed by atoms with Crippen LogP contribution >= 0.6 is 0 Å². The first-order valence-electron chi connectivity index (χ1n) is 27.2. The molecule has 416 valence electrons. The predicted molar refractivity (Wildman–Crippen MR) is 328 cm³/mol. The minimum Gasteiger partial charge on any atom is -0.508 e. The Kier molecular flexibility index (Phi) is 19.4. The molecular weight excluding hydrogens is 1010 g/mol. The second-order valence-electron chi connectivity index (χ2n) is 21.4. The number of benzene rings is 10. The summed E-state index contributed by atoms with van der Waals surface area (Å²) >= 11 is 0. The minimum atomic E-state index is -0.0586. The summed E-state index contributed by atoms with van der Waals surface area (Å²) < 4.78 is 0. The fourth-order valence-electron chi connectivity index (χ4n) is 10.1. The summed E-state index contributed by atoms with van der Waals surface area (Å²) in [6, 6.07) is 62.4. The molecule has 1 fully saturated rings. The van der Waals surface area contributed by atoms with Crippen molar-refractivity contribution in [2.75, 3.05) is 0 Å². The van der Waals surface area contributed by atoms with E-state index in [4.69, 9.17) is 20.4 Å². The van der Waals surface area contributed by atoms with Gasteiger partial charge in [0.1, 0.15) is 51.7 Å². The Morgan fingerprint density at radius 3 is 1.10 bits per heavy atom. The number of aryl methyl sites for hydroxylation is 5. The van der Waals surface area contributed by atoms with Crippen molar-refractivity contribution in [3.8, 4) is 74.0 Å². The van der Waals surface area contributed by atoms with Crippen molar-refractivity contribution in [2.45, 2.75) is 91.4 Å². The minimum absolute atomic E-state index is 0.00910. The quantitative estimate of drug-likeness (QED) is 0.0783. The van der Waals surface area contributed by atoms with E-state index in [-0.39, 0.29) is 45.3 Å². The van der Waals surface area contributed by atoms with Crippen molar-refractivity contribution >= 4 is 10.8 Å². The van der Waals surface area contributed by atoms with Gasteiger partial charge in [-0.15, -0.1) is 0 Å². The SMILES string of the molecule is Cc1cc(C2(c3ccc(O)c(C)c3)CCCCC2)ccc1O.Cc1ccc(C(C)(C)c2ccc(O)c(C)c2)cc1C.Oc1ccc(-c2ccc(O)cc2)cc1.Oc1ccc2ccc(O)cc2c1.Oc1ccccc1-c1ccccc1O. The number of hydrogen-bond donors (Lipinski definition) is 9. The summed E-state index contributed by atoms with van der Waals surface area (Å²) in [6.07, 6.45) is 5.98. The third kappa shape index (κ3) is 15.1. The van der Waals surface area contributed by atoms with Crippen LogP contribution in [0.3, 0.4) is 0 Å². The van der Waals surface area contributed by atoms with Crippen molar-refractivity contribution in [2.24, 2.45) is 0 Å². The van der Waals surface area contributed by atoms with Crippen LogP contribution in [-0.4, -0.2) is 46.0 Å². The Hall–Kier alpha value is -9.34. The largest absolute Gasteiger partial charge is 0.508 e. The highest BCUT2D eigenvalue weighted by Crippen LogP contribution is 2.47. The van der Waals surface area contributed by atoms with Gasteiger partial charge in [0.25, 0.3) is 0 Å². The first-order chi connectivity index (χ1) is 38.6. The molecule has 11 rings (SSSR count). The van der Waals surface area contributed by atoms with E-state index >= 15 is 0 Å². The topological polar surface area (TPSA) is 182 Å². The van der Waals surface area contributed by atoms with Gasteiger partial charge >= 0.3 is 0 Å². The fraction of sp³-hybridized carbons (Fsp3) is 0.194. The fourth-order valence-corrected chi connectivity index (χ4v) is 10.1. The van der Waals surface area contributed by atoms with E-state index in [9.17, 15) is 25.5 Å². The molecule has 0 saturated heterocycles. The Bertz CT molecular complexity index is 3470. The molecule has 0 bridgehead atoms. The first kappa shape index (κ1) is 59.3. The van der Waals surface area contributed by atoms with Crippen LogP contribution in [-0.2, 0) is 10.8 Å². The highest BCUT2D eigenvalue weighted by molar-refractivity contribution is 5.85. The average molecular weight is 1080 g/mol. The molecule has 10 aromatic carbocycles. The summed E-state index contributed by atoms with van der Waals surface area (Å²) in [5, 5.41) is 86.8. The average Bonchev–Trinajstić information content (AvgIpc) is 3.66. The molecule has 0 heterocycles. The molecule has 0 aromatic heterocycles. The van der Waals surface area contributed by atoms with E-state index in [0.717, 1.165) is 51.4 Å². The lowest BCUT2D eigenvalue weighted by molar-refractivity contribution is 0.344. The predicted octanol–water partition coefficient (Wildman–Crippen LogP) is 17.4. The molecule has 0 aliphatic heterocycles. The van der Waals surface area contributed by atoms with Crippen LogP contribution in [0, 0.1) is 34.6 Å². The Morgan fingerprint density at radius 1 is 0.309 bits per heavy atom. The van der Waals surface area contributed by atoms with E-state index in [1.807, 2.05) is 87.5 Å². The second kappa shape index (κ2) is 26.5. The number of para-hydroxylation sites is 2. The molecule has 9 nitrogen and oxygen atoms in total. The normalized spacial score (nSPS) is 12.4. The van der Waals surface area contributed by atoms with Gasteiger partial charge in [0, 0.05) is 22.0 Å². The summed E-state index contributed by atoms with van der Waals surface area (Å²) in [4.78, 5) is 0. The number of hydrogen-bond acceptors (Lipinski definition) is 9. The van der Waals surface area contributed by atoms with Crippen molar-refractivity contribution in [1.82, 2.24) is 0 Å². The smallest absolute Gasteiger partial charge is 0.123 e. The van der Waals surface area contributed by atoms with Gasteiger partial charge in [-0.3, -0.25) is 0 Å². The van der Waals surface area contributed by atoms with E-state index < -0.39 is 0 Å². The van der Waals surface area contributed by atoms with Gasteiger partial charge < -0.3 is 46.0 Å². The number of fused-ring (bicyclic) bond motifs is 1.